The number of carbonyl (C=O) groups is 1. The van der Waals surface area contributed by atoms with Crippen LogP contribution >= 0.6 is 0 Å². The van der Waals surface area contributed by atoms with Crippen molar-refractivity contribution in [3.63, 3.8) is 0 Å². The van der Waals surface area contributed by atoms with E-state index in [0.29, 0.717) is 11.5 Å². The fourth-order valence-corrected chi connectivity index (χ4v) is 3.64. The molecule has 1 aliphatic heterocycles. The number of benzene rings is 2. The maximum absolute atomic E-state index is 12.7. The summed E-state index contributed by atoms with van der Waals surface area (Å²) in [7, 11) is 0. The maximum atomic E-state index is 12.7. The van der Waals surface area contributed by atoms with Crippen LogP contribution in [0.3, 0.4) is 0 Å². The van der Waals surface area contributed by atoms with Crippen molar-refractivity contribution in [2.75, 3.05) is 18.4 Å². The van der Waals surface area contributed by atoms with E-state index in [4.69, 9.17) is 0 Å². The third-order valence-corrected chi connectivity index (χ3v) is 5.20. The third kappa shape index (κ3) is 5.42. The summed E-state index contributed by atoms with van der Waals surface area (Å²) in [5.41, 5.74) is 2.72. The van der Waals surface area contributed by atoms with E-state index >= 15 is 0 Å². The third-order valence-electron chi connectivity index (χ3n) is 5.20. The molecule has 1 aliphatic rings. The van der Waals surface area contributed by atoms with Crippen LogP contribution in [0.5, 0.6) is 0 Å². The van der Waals surface area contributed by atoms with E-state index in [1.54, 1.807) is 6.07 Å². The van der Waals surface area contributed by atoms with Crippen LogP contribution in [0.4, 0.5) is 11.5 Å². The molecule has 0 saturated carbocycles. The molecule has 5 nitrogen and oxygen atoms in total. The number of para-hydroxylation sites is 1. The van der Waals surface area contributed by atoms with Gasteiger partial charge in [-0.2, -0.15) is 0 Å². The van der Waals surface area contributed by atoms with E-state index in [1.807, 2.05) is 48.5 Å². The molecule has 2 heterocycles. The maximum Gasteiger partial charge on any atom is 0.270 e. The molecule has 1 aromatic heterocycles. The summed E-state index contributed by atoms with van der Waals surface area (Å²) in [6.07, 6.45) is 1.92. The minimum Gasteiger partial charge on any atom is -0.348 e. The number of piperidine rings is 1. The monoisotopic (exact) mass is 386 g/mol. The molecule has 0 atom stereocenters. The van der Waals surface area contributed by atoms with Crippen molar-refractivity contribution in [1.82, 2.24) is 15.2 Å². The zero-order chi connectivity index (χ0) is 19.9. The van der Waals surface area contributed by atoms with Crippen LogP contribution in [-0.2, 0) is 6.54 Å². The van der Waals surface area contributed by atoms with E-state index in [1.165, 1.54) is 5.56 Å². The zero-order valence-electron chi connectivity index (χ0n) is 16.4. The van der Waals surface area contributed by atoms with Crippen LogP contribution in [-0.4, -0.2) is 34.9 Å². The van der Waals surface area contributed by atoms with Gasteiger partial charge in [-0.3, -0.25) is 9.69 Å². The molecule has 3 aromatic rings. The number of amides is 1. The number of hydrogen-bond acceptors (Lipinski definition) is 4. The van der Waals surface area contributed by atoms with Crippen LogP contribution in [0.2, 0.25) is 0 Å². The van der Waals surface area contributed by atoms with Crippen molar-refractivity contribution in [2.24, 2.45) is 0 Å². The van der Waals surface area contributed by atoms with Gasteiger partial charge in [-0.25, -0.2) is 4.98 Å². The SMILES string of the molecule is O=C(NC1CCN(Cc2ccccc2)CC1)c1cccc(Nc2ccccc2)n1. The number of carbonyl (C=O) groups excluding carboxylic acids is 1. The molecule has 2 N–H and O–H groups in total. The van der Waals surface area contributed by atoms with Crippen molar-refractivity contribution in [2.45, 2.75) is 25.4 Å². The van der Waals surface area contributed by atoms with Crippen molar-refractivity contribution < 1.29 is 4.79 Å². The first-order valence-electron chi connectivity index (χ1n) is 10.1. The number of anilines is 2. The summed E-state index contributed by atoms with van der Waals surface area (Å²) in [6, 6.07) is 26.0. The summed E-state index contributed by atoms with van der Waals surface area (Å²) in [6.45, 7) is 2.95. The zero-order valence-corrected chi connectivity index (χ0v) is 16.4. The Morgan fingerprint density at radius 2 is 1.59 bits per heavy atom. The second-order valence-corrected chi connectivity index (χ2v) is 7.41. The highest BCUT2D eigenvalue weighted by molar-refractivity contribution is 5.92. The Morgan fingerprint density at radius 1 is 0.897 bits per heavy atom. The molecule has 5 heteroatoms. The molecule has 2 aromatic carbocycles. The molecule has 4 rings (SSSR count). The molecule has 0 aliphatic carbocycles. The van der Waals surface area contributed by atoms with Crippen molar-refractivity contribution >= 4 is 17.4 Å². The number of nitrogens with zero attached hydrogens (tertiary/aromatic N) is 2. The number of aromatic nitrogens is 1. The smallest absolute Gasteiger partial charge is 0.270 e. The molecule has 0 unspecified atom stereocenters. The molecule has 1 saturated heterocycles. The number of rotatable bonds is 6. The summed E-state index contributed by atoms with van der Waals surface area (Å²) < 4.78 is 0. The minimum atomic E-state index is -0.108. The topological polar surface area (TPSA) is 57.3 Å². The van der Waals surface area contributed by atoms with E-state index < -0.39 is 0 Å². The van der Waals surface area contributed by atoms with Gasteiger partial charge in [0.15, 0.2) is 0 Å². The second kappa shape index (κ2) is 9.34. The molecular weight excluding hydrogens is 360 g/mol. The fourth-order valence-electron chi connectivity index (χ4n) is 3.64. The summed E-state index contributed by atoms with van der Waals surface area (Å²) in [5.74, 6) is 0.560. The first kappa shape index (κ1) is 19.2. The van der Waals surface area contributed by atoms with Gasteiger partial charge in [-0.1, -0.05) is 54.6 Å². The van der Waals surface area contributed by atoms with Gasteiger partial charge in [0.25, 0.3) is 5.91 Å². The molecule has 1 fully saturated rings. The van der Waals surface area contributed by atoms with Gasteiger partial charge in [0, 0.05) is 31.4 Å². The summed E-state index contributed by atoms with van der Waals surface area (Å²) in [5, 5.41) is 6.39. The van der Waals surface area contributed by atoms with Gasteiger partial charge in [0.05, 0.1) is 0 Å². The predicted octanol–water partition coefficient (Wildman–Crippen LogP) is 4.22. The molecule has 29 heavy (non-hydrogen) atoms. The largest absolute Gasteiger partial charge is 0.348 e. The summed E-state index contributed by atoms with van der Waals surface area (Å²) in [4.78, 5) is 19.6. The highest BCUT2D eigenvalue weighted by atomic mass is 16.1. The van der Waals surface area contributed by atoms with Crippen LogP contribution in [0.15, 0.2) is 78.9 Å². The standard InChI is InChI=1S/C24H26N4O/c29-24(22-12-7-13-23(27-22)25-20-10-5-2-6-11-20)26-21-14-16-28(17-15-21)18-19-8-3-1-4-9-19/h1-13,21H,14-18H2,(H,25,27)(H,26,29). The molecule has 0 bridgehead atoms. The van der Waals surface area contributed by atoms with Gasteiger partial charge in [-0.05, 0) is 42.7 Å². The van der Waals surface area contributed by atoms with Gasteiger partial charge in [-0.15, -0.1) is 0 Å². The number of hydrogen-bond donors (Lipinski definition) is 2. The lowest BCUT2D eigenvalue weighted by Crippen LogP contribution is -2.44. The van der Waals surface area contributed by atoms with Crippen LogP contribution in [0, 0.1) is 0 Å². The molecule has 148 valence electrons. The van der Waals surface area contributed by atoms with E-state index in [2.05, 4.69) is 44.8 Å². The Kier molecular flexibility index (Phi) is 6.17. The van der Waals surface area contributed by atoms with Crippen molar-refractivity contribution in [1.29, 1.82) is 0 Å². The average Bonchev–Trinajstić information content (AvgIpc) is 2.77. The Labute approximate surface area is 171 Å². The van der Waals surface area contributed by atoms with Gasteiger partial charge < -0.3 is 10.6 Å². The first-order chi connectivity index (χ1) is 14.3. The van der Waals surface area contributed by atoms with E-state index in [-0.39, 0.29) is 11.9 Å². The Morgan fingerprint density at radius 3 is 2.31 bits per heavy atom. The Bertz CT molecular complexity index is 922. The summed E-state index contributed by atoms with van der Waals surface area (Å²) >= 11 is 0. The number of pyridine rings is 1. The highest BCUT2D eigenvalue weighted by Gasteiger charge is 2.21. The lowest BCUT2D eigenvalue weighted by molar-refractivity contribution is 0.0904. The Balaban J connectivity index is 1.29. The lowest BCUT2D eigenvalue weighted by atomic mass is 10.0. The number of nitrogens with one attached hydrogen (secondary N) is 2. The minimum absolute atomic E-state index is 0.108. The average molecular weight is 386 g/mol. The van der Waals surface area contributed by atoms with Crippen molar-refractivity contribution in [3.8, 4) is 0 Å². The first-order valence-corrected chi connectivity index (χ1v) is 10.1. The highest BCUT2D eigenvalue weighted by Crippen LogP contribution is 2.16. The van der Waals surface area contributed by atoms with Gasteiger partial charge in [0.2, 0.25) is 0 Å². The molecular formula is C24H26N4O. The van der Waals surface area contributed by atoms with Crippen LogP contribution < -0.4 is 10.6 Å². The molecule has 0 spiro atoms. The van der Waals surface area contributed by atoms with Crippen LogP contribution in [0.25, 0.3) is 0 Å². The van der Waals surface area contributed by atoms with Gasteiger partial charge in [0.1, 0.15) is 11.5 Å². The van der Waals surface area contributed by atoms with Crippen LogP contribution in [0.1, 0.15) is 28.9 Å². The molecule has 0 radical (unpaired) electrons. The van der Waals surface area contributed by atoms with E-state index in [9.17, 15) is 4.79 Å². The second-order valence-electron chi connectivity index (χ2n) is 7.41. The molecule has 1 amide bonds. The predicted molar refractivity (Wildman–Crippen MR) is 116 cm³/mol. The quantitative estimate of drug-likeness (QED) is 0.666. The fraction of sp³-hybridized carbons (Fsp3) is 0.250. The van der Waals surface area contributed by atoms with Crippen molar-refractivity contribution in [3.05, 3.63) is 90.1 Å². The Hall–Kier alpha value is -3.18. The normalized spacial score (nSPS) is 15.0. The van der Waals surface area contributed by atoms with E-state index in [0.717, 1.165) is 38.2 Å². The lowest BCUT2D eigenvalue weighted by Gasteiger charge is -2.32. The van der Waals surface area contributed by atoms with Gasteiger partial charge >= 0.3 is 0 Å². The number of likely N-dealkylation sites (tertiary alicyclic amines) is 1.